The van der Waals surface area contributed by atoms with Crippen LogP contribution in [0.5, 0.6) is 0 Å². The highest BCUT2D eigenvalue weighted by Crippen LogP contribution is 2.22. The number of ether oxygens (including phenoxy) is 1. The van der Waals surface area contributed by atoms with Gasteiger partial charge in [0.2, 0.25) is 0 Å². The van der Waals surface area contributed by atoms with Crippen LogP contribution in [-0.2, 0) is 11.2 Å². The van der Waals surface area contributed by atoms with Crippen molar-refractivity contribution in [1.82, 2.24) is 5.32 Å². The molecule has 0 aliphatic carbocycles. The van der Waals surface area contributed by atoms with Gasteiger partial charge in [-0.25, -0.2) is 4.39 Å². The van der Waals surface area contributed by atoms with E-state index < -0.39 is 0 Å². The molecule has 0 saturated carbocycles. The number of hydrogen-bond acceptors (Lipinski definition) is 2. The zero-order chi connectivity index (χ0) is 12.3. The Kier molecular flexibility index (Phi) is 4.37. The van der Waals surface area contributed by atoms with Gasteiger partial charge >= 0.3 is 0 Å². The fourth-order valence-corrected chi connectivity index (χ4v) is 2.31. The molecule has 4 heteroatoms. The van der Waals surface area contributed by atoms with Crippen molar-refractivity contribution < 1.29 is 9.13 Å². The number of morpholine rings is 1. The second-order valence-corrected chi connectivity index (χ2v) is 4.84. The topological polar surface area (TPSA) is 21.3 Å². The van der Waals surface area contributed by atoms with E-state index in [0.29, 0.717) is 10.6 Å². The van der Waals surface area contributed by atoms with Gasteiger partial charge in [-0.2, -0.15) is 0 Å². The van der Waals surface area contributed by atoms with Crippen LogP contribution in [0.25, 0.3) is 0 Å². The standard InChI is InChI=1S/C13H17ClFNO/c1-9-6-12(14)10(7-13(9)15)2-3-11-8-16-4-5-17-11/h6-7,11,16H,2-5,8H2,1H3. The van der Waals surface area contributed by atoms with E-state index in [0.717, 1.165) is 38.1 Å². The SMILES string of the molecule is Cc1cc(Cl)c(CCC2CNCCO2)cc1F. The van der Waals surface area contributed by atoms with E-state index in [9.17, 15) is 4.39 Å². The molecule has 0 bridgehead atoms. The molecule has 2 rings (SSSR count). The maximum absolute atomic E-state index is 13.4. The highest BCUT2D eigenvalue weighted by molar-refractivity contribution is 6.31. The third-order valence-electron chi connectivity index (χ3n) is 3.07. The summed E-state index contributed by atoms with van der Waals surface area (Å²) in [6, 6.07) is 3.22. The molecule has 1 atom stereocenters. The first-order valence-electron chi connectivity index (χ1n) is 5.93. The quantitative estimate of drug-likeness (QED) is 0.899. The molecule has 94 valence electrons. The number of halogens is 2. The zero-order valence-corrected chi connectivity index (χ0v) is 10.7. The molecule has 1 saturated heterocycles. The van der Waals surface area contributed by atoms with Gasteiger partial charge in [0.05, 0.1) is 12.7 Å². The molecular formula is C13H17ClFNO. The van der Waals surface area contributed by atoms with Crippen molar-refractivity contribution in [1.29, 1.82) is 0 Å². The number of benzene rings is 1. The summed E-state index contributed by atoms with van der Waals surface area (Å²) in [5.41, 5.74) is 1.46. The lowest BCUT2D eigenvalue weighted by atomic mass is 10.0. The summed E-state index contributed by atoms with van der Waals surface area (Å²) in [6.45, 7) is 4.25. The second kappa shape index (κ2) is 5.80. The number of hydrogen-bond donors (Lipinski definition) is 1. The molecule has 0 radical (unpaired) electrons. The van der Waals surface area contributed by atoms with Crippen molar-refractivity contribution >= 4 is 11.6 Å². The Morgan fingerprint density at radius 3 is 3.06 bits per heavy atom. The van der Waals surface area contributed by atoms with Gasteiger partial charge in [0, 0.05) is 18.1 Å². The average Bonchev–Trinajstić information content (AvgIpc) is 2.33. The third kappa shape index (κ3) is 3.41. The van der Waals surface area contributed by atoms with E-state index in [4.69, 9.17) is 16.3 Å². The van der Waals surface area contributed by atoms with Crippen LogP contribution < -0.4 is 5.32 Å². The van der Waals surface area contributed by atoms with Crippen LogP contribution in [0, 0.1) is 12.7 Å². The molecule has 1 aliphatic rings. The van der Waals surface area contributed by atoms with Crippen LogP contribution in [0.15, 0.2) is 12.1 Å². The summed E-state index contributed by atoms with van der Waals surface area (Å²) < 4.78 is 19.0. The van der Waals surface area contributed by atoms with Crippen LogP contribution in [0.1, 0.15) is 17.5 Å². The monoisotopic (exact) mass is 257 g/mol. The van der Waals surface area contributed by atoms with Gasteiger partial charge in [-0.05, 0) is 43.0 Å². The van der Waals surface area contributed by atoms with Gasteiger partial charge < -0.3 is 10.1 Å². The first kappa shape index (κ1) is 12.8. The first-order valence-corrected chi connectivity index (χ1v) is 6.31. The largest absolute Gasteiger partial charge is 0.376 e. The van der Waals surface area contributed by atoms with Crippen molar-refractivity contribution in [2.24, 2.45) is 0 Å². The predicted molar refractivity (Wildman–Crippen MR) is 67.1 cm³/mol. The molecule has 1 aliphatic heterocycles. The smallest absolute Gasteiger partial charge is 0.126 e. The van der Waals surface area contributed by atoms with E-state index in [1.54, 1.807) is 13.0 Å². The van der Waals surface area contributed by atoms with Crippen LogP contribution in [-0.4, -0.2) is 25.8 Å². The highest BCUT2D eigenvalue weighted by Gasteiger charge is 2.14. The summed E-state index contributed by atoms with van der Waals surface area (Å²) in [7, 11) is 0. The normalized spacial score (nSPS) is 20.5. The van der Waals surface area contributed by atoms with Crippen molar-refractivity contribution in [2.45, 2.75) is 25.9 Å². The Morgan fingerprint density at radius 2 is 2.35 bits per heavy atom. The molecule has 0 aromatic heterocycles. The maximum Gasteiger partial charge on any atom is 0.126 e. The fraction of sp³-hybridized carbons (Fsp3) is 0.538. The van der Waals surface area contributed by atoms with Gasteiger partial charge in [-0.1, -0.05) is 11.6 Å². The Hall–Kier alpha value is -0.640. The van der Waals surface area contributed by atoms with E-state index in [-0.39, 0.29) is 11.9 Å². The molecule has 2 nitrogen and oxygen atoms in total. The molecule has 1 unspecified atom stereocenters. The van der Waals surface area contributed by atoms with Gasteiger partial charge in [0.25, 0.3) is 0 Å². The molecule has 1 aromatic rings. The number of aryl methyl sites for hydroxylation is 2. The molecule has 1 fully saturated rings. The van der Waals surface area contributed by atoms with Crippen LogP contribution in [0.3, 0.4) is 0 Å². The van der Waals surface area contributed by atoms with Crippen molar-refractivity contribution in [3.63, 3.8) is 0 Å². The van der Waals surface area contributed by atoms with Crippen molar-refractivity contribution in [2.75, 3.05) is 19.7 Å². The minimum absolute atomic E-state index is 0.188. The van der Waals surface area contributed by atoms with Crippen LogP contribution >= 0.6 is 11.6 Å². The molecular weight excluding hydrogens is 241 g/mol. The van der Waals surface area contributed by atoms with Crippen LogP contribution in [0.4, 0.5) is 4.39 Å². The molecule has 17 heavy (non-hydrogen) atoms. The lowest BCUT2D eigenvalue weighted by Crippen LogP contribution is -2.38. The fourth-order valence-electron chi connectivity index (χ4n) is 2.00. The molecule has 1 heterocycles. The predicted octanol–water partition coefficient (Wildman–Crippen LogP) is 2.71. The zero-order valence-electron chi connectivity index (χ0n) is 9.93. The number of rotatable bonds is 3. The summed E-state index contributed by atoms with van der Waals surface area (Å²) in [5.74, 6) is -0.188. The molecule has 0 amide bonds. The molecule has 1 N–H and O–H groups in total. The second-order valence-electron chi connectivity index (χ2n) is 4.43. The average molecular weight is 258 g/mol. The first-order chi connectivity index (χ1) is 8.16. The summed E-state index contributed by atoms with van der Waals surface area (Å²) in [6.07, 6.45) is 1.83. The summed E-state index contributed by atoms with van der Waals surface area (Å²) in [4.78, 5) is 0. The maximum atomic E-state index is 13.4. The van der Waals surface area contributed by atoms with Crippen LogP contribution in [0.2, 0.25) is 5.02 Å². The van der Waals surface area contributed by atoms with E-state index in [1.165, 1.54) is 6.07 Å². The summed E-state index contributed by atoms with van der Waals surface area (Å²) in [5, 5.41) is 3.92. The van der Waals surface area contributed by atoms with E-state index >= 15 is 0 Å². The van der Waals surface area contributed by atoms with Crippen molar-refractivity contribution in [3.8, 4) is 0 Å². The summed E-state index contributed by atoms with van der Waals surface area (Å²) >= 11 is 6.10. The van der Waals surface area contributed by atoms with E-state index in [1.807, 2.05) is 0 Å². The van der Waals surface area contributed by atoms with Gasteiger partial charge in [0.1, 0.15) is 5.82 Å². The Labute approximate surface area is 106 Å². The van der Waals surface area contributed by atoms with Crippen molar-refractivity contribution in [3.05, 3.63) is 34.1 Å². The van der Waals surface area contributed by atoms with Gasteiger partial charge in [0.15, 0.2) is 0 Å². The Morgan fingerprint density at radius 1 is 1.53 bits per heavy atom. The minimum atomic E-state index is -0.188. The van der Waals surface area contributed by atoms with Gasteiger partial charge in [-0.15, -0.1) is 0 Å². The van der Waals surface area contributed by atoms with Gasteiger partial charge in [-0.3, -0.25) is 0 Å². The lowest BCUT2D eigenvalue weighted by molar-refractivity contribution is 0.0238. The van der Waals surface area contributed by atoms with E-state index in [2.05, 4.69) is 5.32 Å². The molecule has 1 aromatic carbocycles. The number of nitrogens with one attached hydrogen (secondary N) is 1. The Bertz CT molecular complexity index is 391. The minimum Gasteiger partial charge on any atom is -0.376 e. The lowest BCUT2D eigenvalue weighted by Gasteiger charge is -2.23. The Balaban J connectivity index is 1.96. The third-order valence-corrected chi connectivity index (χ3v) is 3.42. The highest BCUT2D eigenvalue weighted by atomic mass is 35.5. The molecule has 0 spiro atoms.